The summed E-state index contributed by atoms with van der Waals surface area (Å²) in [6.45, 7) is 1.94. The molecule has 1 saturated carbocycles. The summed E-state index contributed by atoms with van der Waals surface area (Å²) in [6, 6.07) is 12.6. The van der Waals surface area contributed by atoms with Gasteiger partial charge in [-0.25, -0.2) is 0 Å². The Balaban J connectivity index is 1.59. The van der Waals surface area contributed by atoms with Crippen molar-refractivity contribution in [3.8, 4) is 0 Å². The molecule has 11 nitrogen and oxygen atoms in total. The van der Waals surface area contributed by atoms with E-state index < -0.39 is 15.6 Å². The third-order valence-electron chi connectivity index (χ3n) is 6.38. The van der Waals surface area contributed by atoms with Gasteiger partial charge in [-0.15, -0.1) is 0 Å². The van der Waals surface area contributed by atoms with Crippen LogP contribution in [0, 0.1) is 20.2 Å². The molecule has 1 saturated heterocycles. The molecule has 172 valence electrons. The zero-order valence-corrected chi connectivity index (χ0v) is 18.2. The van der Waals surface area contributed by atoms with Crippen LogP contribution < -0.4 is 10.1 Å². The zero-order chi connectivity index (χ0) is 23.2. The lowest BCUT2D eigenvalue weighted by atomic mass is 9.92. The summed E-state index contributed by atoms with van der Waals surface area (Å²) in [5, 5.41) is 32.8. The van der Waals surface area contributed by atoms with E-state index in [1.807, 2.05) is 17.1 Å². The Kier molecular flexibility index (Phi) is 5.22. The SMILES string of the molecule is CC1OC23CCCCCCC2=NN(c2ccc([N+](=O)[O-])cc2)N3N1c1ccc([N+](=O)[O-])cc1. The third kappa shape index (κ3) is 3.49. The summed E-state index contributed by atoms with van der Waals surface area (Å²) in [7, 11) is 0. The summed E-state index contributed by atoms with van der Waals surface area (Å²) in [4.78, 5) is 21.4. The number of nitro groups is 2. The Bertz CT molecular complexity index is 1110. The Morgan fingerprint density at radius 1 is 0.909 bits per heavy atom. The number of rotatable bonds is 4. The van der Waals surface area contributed by atoms with E-state index >= 15 is 0 Å². The fourth-order valence-electron chi connectivity index (χ4n) is 4.85. The highest BCUT2D eigenvalue weighted by molar-refractivity contribution is 5.96. The first-order valence-electron chi connectivity index (χ1n) is 11.0. The predicted molar refractivity (Wildman–Crippen MR) is 121 cm³/mol. The summed E-state index contributed by atoms with van der Waals surface area (Å²) in [5.74, 6) is 0. The van der Waals surface area contributed by atoms with Crippen LogP contribution in [0.4, 0.5) is 22.7 Å². The van der Waals surface area contributed by atoms with Gasteiger partial charge in [-0.05, 0) is 56.9 Å². The lowest BCUT2D eigenvalue weighted by Crippen LogP contribution is -2.57. The average molecular weight is 452 g/mol. The van der Waals surface area contributed by atoms with E-state index in [4.69, 9.17) is 9.84 Å². The van der Waals surface area contributed by atoms with Gasteiger partial charge in [-0.3, -0.25) is 25.2 Å². The fraction of sp³-hybridized carbons (Fsp3) is 0.409. The summed E-state index contributed by atoms with van der Waals surface area (Å²) >= 11 is 0. The van der Waals surface area contributed by atoms with Gasteiger partial charge in [0.05, 0.1) is 26.9 Å². The van der Waals surface area contributed by atoms with Gasteiger partial charge in [0.25, 0.3) is 11.4 Å². The van der Waals surface area contributed by atoms with E-state index in [-0.39, 0.29) is 17.6 Å². The minimum atomic E-state index is -0.761. The first kappa shape index (κ1) is 21.3. The number of hydrazone groups is 1. The van der Waals surface area contributed by atoms with Crippen LogP contribution in [0.3, 0.4) is 0 Å². The van der Waals surface area contributed by atoms with E-state index in [1.165, 1.54) is 24.3 Å². The number of nitro benzene ring substituents is 2. The van der Waals surface area contributed by atoms with Crippen LogP contribution in [0.5, 0.6) is 0 Å². The minimum Gasteiger partial charge on any atom is -0.327 e. The van der Waals surface area contributed by atoms with Crippen LogP contribution >= 0.6 is 0 Å². The molecule has 2 heterocycles. The molecule has 0 radical (unpaired) electrons. The molecule has 2 aromatic rings. The summed E-state index contributed by atoms with van der Waals surface area (Å²) in [6.07, 6.45) is 5.42. The van der Waals surface area contributed by atoms with Crippen molar-refractivity contribution in [1.82, 2.24) is 5.12 Å². The van der Waals surface area contributed by atoms with E-state index in [1.54, 1.807) is 29.4 Å². The molecule has 0 amide bonds. The third-order valence-corrected chi connectivity index (χ3v) is 6.38. The molecule has 3 aliphatic rings. The Morgan fingerprint density at radius 3 is 2.09 bits per heavy atom. The highest BCUT2D eigenvalue weighted by atomic mass is 16.6. The average Bonchev–Trinajstić information content (AvgIpc) is 3.24. The molecule has 0 N–H and O–H groups in total. The van der Waals surface area contributed by atoms with Gasteiger partial charge in [-0.1, -0.05) is 18.0 Å². The second kappa shape index (κ2) is 8.09. The van der Waals surface area contributed by atoms with Crippen LogP contribution in [-0.2, 0) is 4.74 Å². The standard InChI is InChI=1S/C22H24N6O5/c1-16-24(17-7-11-19(12-8-17)26(29)30)28-22(33-16)15-5-3-2-4-6-21(22)23-25(28)18-9-13-20(14-10-18)27(31)32/h7-14,16H,2-6,15H2,1H3. The van der Waals surface area contributed by atoms with Gasteiger partial charge in [0, 0.05) is 24.3 Å². The highest BCUT2D eigenvalue weighted by Gasteiger charge is 2.60. The number of hydrogen-bond donors (Lipinski definition) is 0. The van der Waals surface area contributed by atoms with Crippen LogP contribution in [0.25, 0.3) is 0 Å². The molecule has 33 heavy (non-hydrogen) atoms. The lowest BCUT2D eigenvalue weighted by molar-refractivity contribution is -0.385. The molecule has 2 fully saturated rings. The Hall–Kier alpha value is -3.57. The van der Waals surface area contributed by atoms with E-state index in [0.29, 0.717) is 5.69 Å². The zero-order valence-electron chi connectivity index (χ0n) is 18.2. The van der Waals surface area contributed by atoms with Crippen molar-refractivity contribution < 1.29 is 14.6 Å². The Morgan fingerprint density at radius 2 is 1.48 bits per heavy atom. The normalized spacial score (nSPS) is 25.1. The number of ether oxygens (including phenoxy) is 1. The molecular formula is C22H24N6O5. The molecule has 11 heteroatoms. The second-order valence-corrected chi connectivity index (χ2v) is 8.43. The van der Waals surface area contributed by atoms with E-state index in [0.717, 1.165) is 49.9 Å². The van der Waals surface area contributed by atoms with Crippen molar-refractivity contribution in [2.24, 2.45) is 5.10 Å². The molecule has 2 aromatic carbocycles. The van der Waals surface area contributed by atoms with Crippen molar-refractivity contribution in [2.75, 3.05) is 10.1 Å². The van der Waals surface area contributed by atoms with Gasteiger partial charge >= 0.3 is 0 Å². The number of benzene rings is 2. The smallest absolute Gasteiger partial charge is 0.269 e. The molecule has 2 unspecified atom stereocenters. The highest BCUT2D eigenvalue weighted by Crippen LogP contribution is 2.47. The largest absolute Gasteiger partial charge is 0.327 e. The van der Waals surface area contributed by atoms with Crippen LogP contribution in [0.2, 0.25) is 0 Å². The van der Waals surface area contributed by atoms with Crippen LogP contribution in [0.15, 0.2) is 53.6 Å². The van der Waals surface area contributed by atoms with Gasteiger partial charge in [-0.2, -0.15) is 10.2 Å². The monoisotopic (exact) mass is 452 g/mol. The minimum absolute atomic E-state index is 0.00425. The molecule has 0 bridgehead atoms. The first-order chi connectivity index (χ1) is 15.9. The maximum atomic E-state index is 11.1. The Labute approximate surface area is 190 Å². The quantitative estimate of drug-likeness (QED) is 0.482. The number of hydrogen-bond acceptors (Lipinski definition) is 9. The first-order valence-corrected chi connectivity index (χ1v) is 11.0. The molecule has 2 aliphatic heterocycles. The van der Waals surface area contributed by atoms with Crippen LogP contribution in [-0.4, -0.2) is 32.6 Å². The predicted octanol–water partition coefficient (Wildman–Crippen LogP) is 4.74. The number of hydrazine groups is 2. The topological polar surface area (TPSA) is 118 Å². The fourth-order valence-corrected chi connectivity index (χ4v) is 4.85. The van der Waals surface area contributed by atoms with Gasteiger partial charge in [0.2, 0.25) is 5.72 Å². The number of anilines is 2. The van der Waals surface area contributed by atoms with Crippen molar-refractivity contribution >= 4 is 28.5 Å². The van der Waals surface area contributed by atoms with E-state index in [9.17, 15) is 20.2 Å². The molecule has 1 spiro atoms. The lowest BCUT2D eigenvalue weighted by Gasteiger charge is -2.39. The molecule has 2 atom stereocenters. The number of nitrogens with zero attached hydrogens (tertiary/aromatic N) is 6. The van der Waals surface area contributed by atoms with Crippen LogP contribution in [0.1, 0.15) is 45.4 Å². The molecule has 1 aliphatic carbocycles. The molecule has 0 aromatic heterocycles. The van der Waals surface area contributed by atoms with Gasteiger partial charge in [0.1, 0.15) is 6.23 Å². The van der Waals surface area contributed by atoms with Crippen molar-refractivity contribution in [3.63, 3.8) is 0 Å². The maximum absolute atomic E-state index is 11.1. The molecular weight excluding hydrogens is 428 g/mol. The van der Waals surface area contributed by atoms with Crippen molar-refractivity contribution in [1.29, 1.82) is 0 Å². The van der Waals surface area contributed by atoms with Gasteiger partial charge < -0.3 is 4.74 Å². The van der Waals surface area contributed by atoms with Gasteiger partial charge in [0.15, 0.2) is 0 Å². The summed E-state index contributed by atoms with van der Waals surface area (Å²) < 4.78 is 6.61. The van der Waals surface area contributed by atoms with Crippen molar-refractivity contribution in [3.05, 3.63) is 68.8 Å². The number of non-ortho nitro benzene ring substituents is 2. The second-order valence-electron chi connectivity index (χ2n) is 8.43. The molecule has 5 rings (SSSR count). The summed E-state index contributed by atoms with van der Waals surface area (Å²) in [5.41, 5.74) is 1.59. The maximum Gasteiger partial charge on any atom is 0.269 e. The van der Waals surface area contributed by atoms with Crippen molar-refractivity contribution in [2.45, 2.75) is 57.4 Å². The van der Waals surface area contributed by atoms with E-state index in [2.05, 4.69) is 0 Å².